The minimum Gasteiger partial charge on any atom is -0.440 e. The quantitative estimate of drug-likeness (QED) is 0.675. The van der Waals surface area contributed by atoms with Gasteiger partial charge in [0, 0.05) is 18.0 Å². The van der Waals surface area contributed by atoms with E-state index in [0.29, 0.717) is 11.5 Å². The number of likely N-dealkylation sites (N-methyl/N-ethyl adjacent to an activating group) is 1. The van der Waals surface area contributed by atoms with Crippen LogP contribution in [0.5, 0.6) is 0 Å². The minimum absolute atomic E-state index is 0.427. The second kappa shape index (κ2) is 6.59. The van der Waals surface area contributed by atoms with Gasteiger partial charge in [-0.25, -0.2) is 4.98 Å². The standard InChI is InChI=1S/C22H23N3O/c1-14-18(13-23)20-21(26-22(24-20)16-9-10-16)17(11-12-25(2)3)19(14)15-7-5-4-6-8-15/h4-8,16H,9-12H2,1-3H3. The fourth-order valence-electron chi connectivity index (χ4n) is 3.56. The van der Waals surface area contributed by atoms with Crippen LogP contribution in [-0.2, 0) is 6.42 Å². The predicted octanol–water partition coefficient (Wildman–Crippen LogP) is 4.66. The van der Waals surface area contributed by atoms with E-state index < -0.39 is 0 Å². The molecule has 0 spiro atoms. The highest BCUT2D eigenvalue weighted by Gasteiger charge is 2.31. The Balaban J connectivity index is 2.02. The van der Waals surface area contributed by atoms with Crippen LogP contribution in [-0.4, -0.2) is 30.5 Å². The monoisotopic (exact) mass is 345 g/mol. The van der Waals surface area contributed by atoms with Crippen LogP contribution in [0, 0.1) is 18.3 Å². The summed E-state index contributed by atoms with van der Waals surface area (Å²) in [5.41, 5.74) is 6.58. The number of hydrogen-bond donors (Lipinski definition) is 0. The molecule has 1 aliphatic rings. The number of rotatable bonds is 5. The van der Waals surface area contributed by atoms with Gasteiger partial charge in [-0.05, 0) is 57.0 Å². The third-order valence-electron chi connectivity index (χ3n) is 5.12. The lowest BCUT2D eigenvalue weighted by molar-refractivity contribution is 0.413. The fraction of sp³-hybridized carbons (Fsp3) is 0.364. The van der Waals surface area contributed by atoms with Gasteiger partial charge in [0.2, 0.25) is 0 Å². The Bertz CT molecular complexity index is 992. The van der Waals surface area contributed by atoms with E-state index in [-0.39, 0.29) is 0 Å². The van der Waals surface area contributed by atoms with Crippen molar-refractivity contribution in [2.24, 2.45) is 0 Å². The second-order valence-electron chi connectivity index (χ2n) is 7.39. The summed E-state index contributed by atoms with van der Waals surface area (Å²) in [6.45, 7) is 2.95. The second-order valence-corrected chi connectivity index (χ2v) is 7.39. The molecule has 0 aliphatic heterocycles. The van der Waals surface area contributed by atoms with E-state index in [2.05, 4.69) is 37.2 Å². The molecule has 3 aromatic rings. The van der Waals surface area contributed by atoms with Gasteiger partial charge in [-0.15, -0.1) is 0 Å². The fourth-order valence-corrected chi connectivity index (χ4v) is 3.56. The number of nitrogens with zero attached hydrogens (tertiary/aromatic N) is 3. The first-order valence-electron chi connectivity index (χ1n) is 9.16. The van der Waals surface area contributed by atoms with Crippen molar-refractivity contribution in [3.63, 3.8) is 0 Å². The van der Waals surface area contributed by atoms with Gasteiger partial charge in [-0.1, -0.05) is 30.3 Å². The topological polar surface area (TPSA) is 53.1 Å². The molecule has 0 atom stereocenters. The van der Waals surface area contributed by atoms with Crippen LogP contribution < -0.4 is 0 Å². The first-order chi connectivity index (χ1) is 12.6. The molecule has 1 aliphatic carbocycles. The van der Waals surface area contributed by atoms with Crippen molar-refractivity contribution < 1.29 is 4.42 Å². The van der Waals surface area contributed by atoms with E-state index >= 15 is 0 Å². The molecular formula is C22H23N3O. The Morgan fingerprint density at radius 1 is 1.23 bits per heavy atom. The molecule has 1 fully saturated rings. The lowest BCUT2D eigenvalue weighted by atomic mass is 9.89. The van der Waals surface area contributed by atoms with Gasteiger partial charge in [-0.2, -0.15) is 5.26 Å². The van der Waals surface area contributed by atoms with Crippen molar-refractivity contribution in [2.75, 3.05) is 20.6 Å². The van der Waals surface area contributed by atoms with Gasteiger partial charge >= 0.3 is 0 Å². The van der Waals surface area contributed by atoms with Crippen molar-refractivity contribution in [3.8, 4) is 17.2 Å². The molecule has 1 saturated carbocycles. The van der Waals surface area contributed by atoms with Crippen molar-refractivity contribution in [1.82, 2.24) is 9.88 Å². The number of benzene rings is 2. The van der Waals surface area contributed by atoms with Gasteiger partial charge in [-0.3, -0.25) is 0 Å². The van der Waals surface area contributed by atoms with Crippen LogP contribution in [0.2, 0.25) is 0 Å². The normalized spacial score (nSPS) is 14.1. The van der Waals surface area contributed by atoms with Gasteiger partial charge < -0.3 is 9.32 Å². The Morgan fingerprint density at radius 3 is 2.58 bits per heavy atom. The third kappa shape index (κ3) is 2.89. The average Bonchev–Trinajstić information content (AvgIpc) is 3.39. The Kier molecular flexibility index (Phi) is 4.26. The molecule has 1 heterocycles. The molecule has 1 aromatic heterocycles. The number of oxazole rings is 1. The molecule has 4 rings (SSSR count). The summed E-state index contributed by atoms with van der Waals surface area (Å²) in [7, 11) is 4.15. The summed E-state index contributed by atoms with van der Waals surface area (Å²) in [6, 6.07) is 12.7. The lowest BCUT2D eigenvalue weighted by Gasteiger charge is -2.17. The molecule has 0 bridgehead atoms. The van der Waals surface area contributed by atoms with Crippen molar-refractivity contribution in [3.05, 3.63) is 52.9 Å². The summed E-state index contributed by atoms with van der Waals surface area (Å²) < 4.78 is 6.23. The molecule has 0 amide bonds. The van der Waals surface area contributed by atoms with Crippen molar-refractivity contribution in [2.45, 2.75) is 32.1 Å². The molecular weight excluding hydrogens is 322 g/mol. The summed E-state index contributed by atoms with van der Waals surface area (Å²) in [4.78, 5) is 6.90. The van der Waals surface area contributed by atoms with E-state index in [1.165, 1.54) is 0 Å². The zero-order chi connectivity index (χ0) is 18.3. The Labute approximate surface area is 154 Å². The summed E-state index contributed by atoms with van der Waals surface area (Å²) in [5, 5.41) is 9.82. The van der Waals surface area contributed by atoms with Crippen molar-refractivity contribution in [1.29, 1.82) is 5.26 Å². The molecule has 0 radical (unpaired) electrons. The van der Waals surface area contributed by atoms with E-state index in [1.807, 2.05) is 25.1 Å². The molecule has 2 aromatic carbocycles. The van der Waals surface area contributed by atoms with Crippen LogP contribution in [0.25, 0.3) is 22.2 Å². The zero-order valence-electron chi connectivity index (χ0n) is 15.5. The van der Waals surface area contributed by atoms with Gasteiger partial charge in [0.05, 0.1) is 5.56 Å². The lowest BCUT2D eigenvalue weighted by Crippen LogP contribution is -2.16. The maximum Gasteiger partial charge on any atom is 0.198 e. The van der Waals surface area contributed by atoms with Gasteiger partial charge in [0.25, 0.3) is 0 Å². The highest BCUT2D eigenvalue weighted by molar-refractivity contribution is 5.92. The van der Waals surface area contributed by atoms with Crippen LogP contribution >= 0.6 is 0 Å². The summed E-state index contributed by atoms with van der Waals surface area (Å²) in [6.07, 6.45) is 3.12. The van der Waals surface area contributed by atoms with E-state index in [4.69, 9.17) is 9.40 Å². The predicted molar refractivity (Wildman–Crippen MR) is 103 cm³/mol. The van der Waals surface area contributed by atoms with Crippen LogP contribution in [0.1, 0.15) is 41.3 Å². The van der Waals surface area contributed by atoms with Gasteiger partial charge in [0.15, 0.2) is 11.5 Å². The third-order valence-corrected chi connectivity index (χ3v) is 5.12. The minimum atomic E-state index is 0.427. The summed E-state index contributed by atoms with van der Waals surface area (Å²) in [5.74, 6) is 1.23. The number of aromatic nitrogens is 1. The highest BCUT2D eigenvalue weighted by Crippen LogP contribution is 2.43. The zero-order valence-corrected chi connectivity index (χ0v) is 15.5. The molecule has 0 unspecified atom stereocenters. The molecule has 4 nitrogen and oxygen atoms in total. The molecule has 4 heteroatoms. The first kappa shape index (κ1) is 16.8. The summed E-state index contributed by atoms with van der Waals surface area (Å²) >= 11 is 0. The van der Waals surface area contributed by atoms with Gasteiger partial charge in [0.1, 0.15) is 11.6 Å². The molecule has 26 heavy (non-hydrogen) atoms. The van der Waals surface area contributed by atoms with Crippen LogP contribution in [0.15, 0.2) is 34.7 Å². The Morgan fingerprint density at radius 2 is 1.96 bits per heavy atom. The maximum absolute atomic E-state index is 9.82. The van der Waals surface area contributed by atoms with Crippen LogP contribution in [0.3, 0.4) is 0 Å². The Hall–Kier alpha value is -2.64. The number of fused-ring (bicyclic) bond motifs is 1. The van der Waals surface area contributed by atoms with E-state index in [9.17, 15) is 5.26 Å². The number of nitriles is 1. The average molecular weight is 345 g/mol. The first-order valence-corrected chi connectivity index (χ1v) is 9.16. The maximum atomic E-state index is 9.82. The highest BCUT2D eigenvalue weighted by atomic mass is 16.3. The van der Waals surface area contributed by atoms with Crippen molar-refractivity contribution >= 4 is 11.1 Å². The van der Waals surface area contributed by atoms with E-state index in [0.717, 1.165) is 65.1 Å². The van der Waals surface area contributed by atoms with Crippen LogP contribution in [0.4, 0.5) is 0 Å². The molecule has 0 saturated heterocycles. The largest absolute Gasteiger partial charge is 0.440 e. The molecule has 132 valence electrons. The number of hydrogen-bond acceptors (Lipinski definition) is 4. The molecule has 0 N–H and O–H groups in total. The SMILES string of the molecule is Cc1c(-c2ccccc2)c(CCN(C)C)c2oc(C3CC3)nc2c1C#N. The smallest absolute Gasteiger partial charge is 0.198 e. The van der Waals surface area contributed by atoms with E-state index in [1.54, 1.807) is 0 Å².